The number of benzene rings is 2. The molecular formula is C17H11NO6. The Labute approximate surface area is 134 Å². The fourth-order valence-corrected chi connectivity index (χ4v) is 2.47. The lowest BCUT2D eigenvalue weighted by molar-refractivity contribution is -0.384. The summed E-state index contributed by atoms with van der Waals surface area (Å²) >= 11 is 0. The van der Waals surface area contributed by atoms with E-state index in [0.29, 0.717) is 10.9 Å². The van der Waals surface area contributed by atoms with Crippen LogP contribution in [0.1, 0.15) is 21.5 Å². The van der Waals surface area contributed by atoms with E-state index in [0.717, 1.165) is 0 Å². The standard InChI is InChI=1S/C17H11NO6/c1-9-8-14(20)24-17-12(9)6-7-13(19)15(17)16(21)10-2-4-11(5-3-10)18(22)23/h2-8,19H,1H3. The summed E-state index contributed by atoms with van der Waals surface area (Å²) in [5.41, 5.74) is -0.212. The van der Waals surface area contributed by atoms with Gasteiger partial charge in [0.2, 0.25) is 5.78 Å². The summed E-state index contributed by atoms with van der Waals surface area (Å²) in [4.78, 5) is 34.4. The van der Waals surface area contributed by atoms with Crippen molar-refractivity contribution < 1.29 is 19.2 Å². The third-order valence-electron chi connectivity index (χ3n) is 3.66. The van der Waals surface area contributed by atoms with Crippen molar-refractivity contribution in [2.75, 3.05) is 0 Å². The van der Waals surface area contributed by atoms with Crippen molar-refractivity contribution in [2.24, 2.45) is 0 Å². The van der Waals surface area contributed by atoms with E-state index in [9.17, 15) is 24.8 Å². The predicted molar refractivity (Wildman–Crippen MR) is 85.4 cm³/mol. The van der Waals surface area contributed by atoms with E-state index < -0.39 is 16.3 Å². The summed E-state index contributed by atoms with van der Waals surface area (Å²) in [5.74, 6) is -0.929. The van der Waals surface area contributed by atoms with E-state index >= 15 is 0 Å². The van der Waals surface area contributed by atoms with Gasteiger partial charge in [0.1, 0.15) is 11.3 Å². The first kappa shape index (κ1) is 15.4. The Balaban J connectivity index is 2.21. The number of aryl methyl sites for hydroxylation is 1. The molecule has 7 heteroatoms. The Morgan fingerprint density at radius 3 is 2.46 bits per heavy atom. The topological polar surface area (TPSA) is 111 Å². The SMILES string of the molecule is Cc1cc(=O)oc2c(C(=O)c3ccc([N+](=O)[O-])cc3)c(O)ccc12. The van der Waals surface area contributed by atoms with Crippen molar-refractivity contribution in [3.63, 3.8) is 0 Å². The molecule has 3 rings (SSSR count). The smallest absolute Gasteiger partial charge is 0.336 e. The van der Waals surface area contributed by atoms with Crippen LogP contribution in [0.2, 0.25) is 0 Å². The summed E-state index contributed by atoms with van der Waals surface area (Å²) in [6.45, 7) is 1.69. The molecule has 1 aromatic heterocycles. The molecule has 0 saturated carbocycles. The minimum absolute atomic E-state index is 0.0108. The number of carbonyl (C=O) groups excluding carboxylic acids is 1. The Kier molecular flexibility index (Phi) is 3.61. The van der Waals surface area contributed by atoms with Crippen molar-refractivity contribution in [1.29, 1.82) is 0 Å². The fourth-order valence-electron chi connectivity index (χ4n) is 2.47. The number of rotatable bonds is 3. The van der Waals surface area contributed by atoms with Crippen LogP contribution in [0.25, 0.3) is 11.0 Å². The number of carbonyl (C=O) groups is 1. The van der Waals surface area contributed by atoms with Crippen LogP contribution >= 0.6 is 0 Å². The maximum absolute atomic E-state index is 12.7. The number of nitrogens with zero attached hydrogens (tertiary/aromatic N) is 1. The second-order valence-electron chi connectivity index (χ2n) is 5.22. The molecule has 7 nitrogen and oxygen atoms in total. The molecule has 3 aromatic rings. The van der Waals surface area contributed by atoms with Gasteiger partial charge < -0.3 is 9.52 Å². The highest BCUT2D eigenvalue weighted by Gasteiger charge is 2.21. The number of fused-ring (bicyclic) bond motifs is 1. The second kappa shape index (κ2) is 5.62. The number of hydrogen-bond donors (Lipinski definition) is 1. The maximum atomic E-state index is 12.7. The fraction of sp³-hybridized carbons (Fsp3) is 0.0588. The van der Waals surface area contributed by atoms with Crippen LogP contribution in [-0.2, 0) is 0 Å². The van der Waals surface area contributed by atoms with Crippen LogP contribution in [0.3, 0.4) is 0 Å². The Morgan fingerprint density at radius 1 is 1.17 bits per heavy atom. The van der Waals surface area contributed by atoms with E-state index in [4.69, 9.17) is 4.42 Å². The Hall–Kier alpha value is -3.48. The molecule has 0 fully saturated rings. The summed E-state index contributed by atoms with van der Waals surface area (Å²) in [5, 5.41) is 21.3. The van der Waals surface area contributed by atoms with Crippen molar-refractivity contribution in [3.8, 4) is 5.75 Å². The first-order valence-electron chi connectivity index (χ1n) is 6.94. The molecule has 0 atom stereocenters. The maximum Gasteiger partial charge on any atom is 0.336 e. The zero-order valence-electron chi connectivity index (χ0n) is 12.5. The third-order valence-corrected chi connectivity index (χ3v) is 3.66. The quantitative estimate of drug-likeness (QED) is 0.343. The minimum atomic E-state index is -0.636. The first-order chi connectivity index (χ1) is 11.4. The molecule has 0 unspecified atom stereocenters. The number of non-ortho nitro benzene ring substituents is 1. The highest BCUT2D eigenvalue weighted by molar-refractivity contribution is 6.17. The van der Waals surface area contributed by atoms with Crippen LogP contribution in [0.15, 0.2) is 51.7 Å². The Morgan fingerprint density at radius 2 is 1.83 bits per heavy atom. The lowest BCUT2D eigenvalue weighted by Crippen LogP contribution is -2.06. The van der Waals surface area contributed by atoms with E-state index in [1.807, 2.05) is 0 Å². The molecule has 0 aliphatic carbocycles. The zero-order chi connectivity index (χ0) is 17.4. The Bertz CT molecular complexity index is 1030. The number of aromatic hydroxyl groups is 1. The monoisotopic (exact) mass is 325 g/mol. The van der Waals surface area contributed by atoms with Crippen molar-refractivity contribution in [3.05, 3.63) is 79.7 Å². The molecule has 0 saturated heterocycles. The van der Waals surface area contributed by atoms with Gasteiger partial charge in [-0.15, -0.1) is 0 Å². The van der Waals surface area contributed by atoms with Gasteiger partial charge in [-0.1, -0.05) is 0 Å². The summed E-state index contributed by atoms with van der Waals surface area (Å²) in [6.07, 6.45) is 0. The zero-order valence-corrected chi connectivity index (χ0v) is 12.5. The second-order valence-corrected chi connectivity index (χ2v) is 5.22. The lowest BCUT2D eigenvalue weighted by Gasteiger charge is -2.08. The molecule has 0 aliphatic rings. The van der Waals surface area contributed by atoms with Gasteiger partial charge >= 0.3 is 5.63 Å². The molecule has 120 valence electrons. The van der Waals surface area contributed by atoms with Crippen LogP contribution < -0.4 is 5.63 Å². The molecule has 24 heavy (non-hydrogen) atoms. The molecule has 1 heterocycles. The highest BCUT2D eigenvalue weighted by Crippen LogP contribution is 2.30. The third kappa shape index (κ3) is 2.52. The number of hydrogen-bond acceptors (Lipinski definition) is 6. The van der Waals surface area contributed by atoms with Gasteiger partial charge in [0, 0.05) is 29.1 Å². The van der Waals surface area contributed by atoms with E-state index in [-0.39, 0.29) is 28.1 Å². The van der Waals surface area contributed by atoms with Crippen molar-refractivity contribution in [2.45, 2.75) is 6.92 Å². The van der Waals surface area contributed by atoms with Gasteiger partial charge in [-0.2, -0.15) is 0 Å². The van der Waals surface area contributed by atoms with E-state index in [1.54, 1.807) is 13.0 Å². The van der Waals surface area contributed by atoms with Crippen LogP contribution in [0, 0.1) is 17.0 Å². The lowest BCUT2D eigenvalue weighted by atomic mass is 9.98. The normalized spacial score (nSPS) is 10.7. The summed E-state index contributed by atoms with van der Waals surface area (Å²) in [7, 11) is 0. The van der Waals surface area contributed by atoms with E-state index in [1.165, 1.54) is 36.4 Å². The van der Waals surface area contributed by atoms with Crippen LogP contribution in [0.5, 0.6) is 5.75 Å². The number of nitro benzene ring substituents is 1. The average Bonchev–Trinajstić information content (AvgIpc) is 2.54. The largest absolute Gasteiger partial charge is 0.507 e. The molecule has 0 radical (unpaired) electrons. The van der Waals surface area contributed by atoms with Gasteiger partial charge in [-0.25, -0.2) is 4.79 Å². The van der Waals surface area contributed by atoms with Gasteiger partial charge in [-0.3, -0.25) is 14.9 Å². The molecule has 2 aromatic carbocycles. The first-order valence-corrected chi connectivity index (χ1v) is 6.94. The van der Waals surface area contributed by atoms with Crippen LogP contribution in [0.4, 0.5) is 5.69 Å². The van der Waals surface area contributed by atoms with Gasteiger partial charge in [0.15, 0.2) is 5.58 Å². The molecule has 0 bridgehead atoms. The number of phenols is 1. The molecular weight excluding hydrogens is 314 g/mol. The molecule has 0 aliphatic heterocycles. The summed E-state index contributed by atoms with van der Waals surface area (Å²) in [6, 6.07) is 9.13. The van der Waals surface area contributed by atoms with E-state index in [2.05, 4.69) is 0 Å². The molecule has 1 N–H and O–H groups in total. The summed E-state index contributed by atoms with van der Waals surface area (Å²) < 4.78 is 5.11. The number of ketones is 1. The van der Waals surface area contributed by atoms with Gasteiger partial charge in [0.05, 0.1) is 4.92 Å². The van der Waals surface area contributed by atoms with Gasteiger partial charge in [0.25, 0.3) is 5.69 Å². The van der Waals surface area contributed by atoms with Gasteiger partial charge in [-0.05, 0) is 36.8 Å². The van der Waals surface area contributed by atoms with Crippen molar-refractivity contribution in [1.82, 2.24) is 0 Å². The number of phenolic OH excluding ortho intramolecular Hbond substituents is 1. The van der Waals surface area contributed by atoms with Crippen LogP contribution in [-0.4, -0.2) is 15.8 Å². The van der Waals surface area contributed by atoms with Crippen molar-refractivity contribution >= 4 is 22.4 Å². The number of nitro groups is 1. The average molecular weight is 325 g/mol. The predicted octanol–water partition coefficient (Wildman–Crippen LogP) is 2.95. The highest BCUT2D eigenvalue weighted by atomic mass is 16.6. The molecule has 0 spiro atoms. The minimum Gasteiger partial charge on any atom is -0.507 e. The molecule has 0 amide bonds.